The average Bonchev–Trinajstić information content (AvgIpc) is 2.29. The van der Waals surface area contributed by atoms with Gasteiger partial charge in [0.05, 0.1) is 11.9 Å². The Balaban J connectivity index is 1.99. The number of hydrogen-bond donors (Lipinski definition) is 0. The molecule has 4 heteroatoms. The number of aromatic nitrogens is 2. The maximum Gasteiger partial charge on any atom is 0.0674 e. The van der Waals surface area contributed by atoms with Crippen molar-refractivity contribution in [3.63, 3.8) is 0 Å². The molecule has 1 fully saturated rings. The molecule has 0 bridgehead atoms. The molecule has 16 heavy (non-hydrogen) atoms. The van der Waals surface area contributed by atoms with Crippen molar-refractivity contribution in [3.05, 3.63) is 22.4 Å². The predicted octanol–water partition coefficient (Wildman–Crippen LogP) is 2.83. The Bertz CT molecular complexity index is 346. The summed E-state index contributed by atoms with van der Waals surface area (Å²) in [6.07, 6.45) is 4.14. The Kier molecular flexibility index (Phi) is 3.92. The van der Waals surface area contributed by atoms with Crippen molar-refractivity contribution in [2.24, 2.45) is 0 Å². The highest BCUT2D eigenvalue weighted by Crippen LogP contribution is 2.28. The zero-order chi connectivity index (χ0) is 11.5. The second-order valence-electron chi connectivity index (χ2n) is 4.70. The van der Waals surface area contributed by atoms with Gasteiger partial charge in [0.1, 0.15) is 0 Å². The Morgan fingerprint density at radius 2 is 2.06 bits per heavy atom. The van der Waals surface area contributed by atoms with Crippen LogP contribution in [0.15, 0.2) is 16.7 Å². The van der Waals surface area contributed by atoms with Gasteiger partial charge in [0.25, 0.3) is 0 Å². The van der Waals surface area contributed by atoms with Gasteiger partial charge in [-0.15, -0.1) is 0 Å². The Labute approximate surface area is 105 Å². The van der Waals surface area contributed by atoms with Gasteiger partial charge in [-0.2, -0.15) is 10.2 Å². The first-order valence-electron chi connectivity index (χ1n) is 5.89. The summed E-state index contributed by atoms with van der Waals surface area (Å²) in [6, 6.07) is 2.76. The standard InChI is InChI=1S/C12H18BrN3/c1-9(2)16-5-3-10(4-6-16)12-7-11(13)8-14-15-12/h7-10H,3-6H2,1-2H3. The van der Waals surface area contributed by atoms with Gasteiger partial charge in [-0.05, 0) is 61.8 Å². The first-order chi connectivity index (χ1) is 7.66. The van der Waals surface area contributed by atoms with Crippen LogP contribution in [0.25, 0.3) is 0 Å². The van der Waals surface area contributed by atoms with Crippen LogP contribution in [-0.4, -0.2) is 34.2 Å². The van der Waals surface area contributed by atoms with E-state index < -0.39 is 0 Å². The van der Waals surface area contributed by atoms with Gasteiger partial charge >= 0.3 is 0 Å². The summed E-state index contributed by atoms with van der Waals surface area (Å²) >= 11 is 3.45. The van der Waals surface area contributed by atoms with Crippen molar-refractivity contribution in [2.45, 2.75) is 38.6 Å². The average molecular weight is 284 g/mol. The summed E-state index contributed by atoms with van der Waals surface area (Å²) in [4.78, 5) is 2.53. The largest absolute Gasteiger partial charge is 0.301 e. The number of piperidine rings is 1. The van der Waals surface area contributed by atoms with Crippen molar-refractivity contribution in [1.82, 2.24) is 15.1 Å². The Hall–Kier alpha value is -0.480. The number of nitrogens with zero attached hydrogens (tertiary/aromatic N) is 3. The van der Waals surface area contributed by atoms with Crippen molar-refractivity contribution in [1.29, 1.82) is 0 Å². The molecule has 0 aromatic carbocycles. The van der Waals surface area contributed by atoms with Crippen LogP contribution in [0.3, 0.4) is 0 Å². The molecule has 1 saturated heterocycles. The molecule has 1 aromatic heterocycles. The van der Waals surface area contributed by atoms with E-state index in [0.717, 1.165) is 10.2 Å². The first-order valence-corrected chi connectivity index (χ1v) is 6.68. The highest BCUT2D eigenvalue weighted by molar-refractivity contribution is 9.10. The lowest BCUT2D eigenvalue weighted by molar-refractivity contribution is 0.170. The lowest BCUT2D eigenvalue weighted by atomic mass is 9.93. The highest BCUT2D eigenvalue weighted by atomic mass is 79.9. The zero-order valence-electron chi connectivity index (χ0n) is 9.86. The summed E-state index contributed by atoms with van der Waals surface area (Å²) < 4.78 is 1.03. The van der Waals surface area contributed by atoms with E-state index in [-0.39, 0.29) is 0 Å². The van der Waals surface area contributed by atoms with E-state index in [2.05, 4.69) is 50.9 Å². The minimum absolute atomic E-state index is 0.583. The van der Waals surface area contributed by atoms with E-state index in [9.17, 15) is 0 Å². The number of halogens is 1. The first kappa shape index (κ1) is 12.0. The monoisotopic (exact) mass is 283 g/mol. The Morgan fingerprint density at radius 3 is 2.62 bits per heavy atom. The Morgan fingerprint density at radius 1 is 1.38 bits per heavy atom. The van der Waals surface area contributed by atoms with Crippen LogP contribution in [0.1, 0.15) is 38.3 Å². The van der Waals surface area contributed by atoms with E-state index in [1.165, 1.54) is 25.9 Å². The SMILES string of the molecule is CC(C)N1CCC(c2cc(Br)cnn2)CC1. The second-order valence-corrected chi connectivity index (χ2v) is 5.62. The maximum atomic E-state index is 4.23. The third-order valence-corrected chi connectivity index (χ3v) is 3.75. The van der Waals surface area contributed by atoms with Crippen LogP contribution >= 0.6 is 15.9 Å². The van der Waals surface area contributed by atoms with Gasteiger partial charge < -0.3 is 4.90 Å². The molecule has 2 rings (SSSR count). The van der Waals surface area contributed by atoms with Gasteiger partial charge in [-0.3, -0.25) is 0 Å². The molecule has 1 aliphatic rings. The van der Waals surface area contributed by atoms with Crippen LogP contribution in [0.5, 0.6) is 0 Å². The summed E-state index contributed by atoms with van der Waals surface area (Å²) in [5.41, 5.74) is 1.14. The molecule has 1 aromatic rings. The molecule has 0 aliphatic carbocycles. The summed E-state index contributed by atoms with van der Waals surface area (Å²) in [5, 5.41) is 8.24. The number of likely N-dealkylation sites (tertiary alicyclic amines) is 1. The fraction of sp³-hybridized carbons (Fsp3) is 0.667. The fourth-order valence-electron chi connectivity index (χ4n) is 2.27. The van der Waals surface area contributed by atoms with Gasteiger partial charge in [-0.1, -0.05) is 0 Å². The normalized spacial score (nSPS) is 19.2. The van der Waals surface area contributed by atoms with Crippen molar-refractivity contribution in [2.75, 3.05) is 13.1 Å². The minimum atomic E-state index is 0.583. The van der Waals surface area contributed by atoms with Gasteiger partial charge in [0.15, 0.2) is 0 Å². The molecular formula is C12H18BrN3. The summed E-state index contributed by atoms with van der Waals surface area (Å²) in [6.45, 7) is 6.88. The van der Waals surface area contributed by atoms with Gasteiger partial charge in [-0.25, -0.2) is 0 Å². The lowest BCUT2D eigenvalue weighted by Gasteiger charge is -2.34. The van der Waals surface area contributed by atoms with E-state index in [4.69, 9.17) is 0 Å². The van der Waals surface area contributed by atoms with Crippen LogP contribution in [0, 0.1) is 0 Å². The molecule has 0 N–H and O–H groups in total. The maximum absolute atomic E-state index is 4.23. The van der Waals surface area contributed by atoms with Gasteiger partial charge in [0.2, 0.25) is 0 Å². The molecule has 1 aliphatic heterocycles. The fourth-order valence-corrected chi connectivity index (χ4v) is 2.60. The molecule has 0 unspecified atom stereocenters. The summed E-state index contributed by atoms with van der Waals surface area (Å²) in [5.74, 6) is 0.583. The minimum Gasteiger partial charge on any atom is -0.301 e. The van der Waals surface area contributed by atoms with Gasteiger partial charge in [0, 0.05) is 16.4 Å². The number of hydrogen-bond acceptors (Lipinski definition) is 3. The molecule has 0 saturated carbocycles. The number of rotatable bonds is 2. The lowest BCUT2D eigenvalue weighted by Crippen LogP contribution is -2.38. The van der Waals surface area contributed by atoms with Crippen LogP contribution in [0.2, 0.25) is 0 Å². The molecule has 0 amide bonds. The molecule has 2 heterocycles. The van der Waals surface area contributed by atoms with E-state index in [1.807, 2.05) is 0 Å². The molecular weight excluding hydrogens is 266 g/mol. The molecule has 3 nitrogen and oxygen atoms in total. The van der Waals surface area contributed by atoms with Crippen LogP contribution in [-0.2, 0) is 0 Å². The van der Waals surface area contributed by atoms with E-state index in [1.54, 1.807) is 6.20 Å². The third kappa shape index (κ3) is 2.80. The van der Waals surface area contributed by atoms with Crippen LogP contribution < -0.4 is 0 Å². The topological polar surface area (TPSA) is 29.0 Å². The molecule has 0 atom stereocenters. The van der Waals surface area contributed by atoms with Crippen molar-refractivity contribution >= 4 is 15.9 Å². The zero-order valence-corrected chi connectivity index (χ0v) is 11.4. The molecule has 0 spiro atoms. The van der Waals surface area contributed by atoms with E-state index in [0.29, 0.717) is 12.0 Å². The highest BCUT2D eigenvalue weighted by Gasteiger charge is 2.23. The molecule has 0 radical (unpaired) electrons. The predicted molar refractivity (Wildman–Crippen MR) is 68.4 cm³/mol. The molecule has 88 valence electrons. The second kappa shape index (κ2) is 5.23. The van der Waals surface area contributed by atoms with Crippen LogP contribution in [0.4, 0.5) is 0 Å². The smallest absolute Gasteiger partial charge is 0.0674 e. The summed E-state index contributed by atoms with van der Waals surface area (Å²) in [7, 11) is 0. The third-order valence-electron chi connectivity index (χ3n) is 3.32. The quantitative estimate of drug-likeness (QED) is 0.836. The van der Waals surface area contributed by atoms with E-state index >= 15 is 0 Å². The van der Waals surface area contributed by atoms with Crippen molar-refractivity contribution in [3.8, 4) is 0 Å². The van der Waals surface area contributed by atoms with Crippen molar-refractivity contribution < 1.29 is 0 Å².